The Kier molecular flexibility index (Phi) is 11.5. The van der Waals surface area contributed by atoms with Crippen LogP contribution in [0, 0.1) is 0 Å². The number of anilines is 1. The standard InChI is InChI=1S/C39H41N5O6/c1-39(2,3)50-38(48)43-33(22-26-18-20-30(21-19-26)49-25-27-12-6-4-7-13-27)36(46)44-37(47)42-34(35(45)41-29-14-8-5-9-15-29)23-28-24-40-32-17-11-10-16-31(28)32/h4-21,24,33-34,40H,22-23,25H2,1-3H3,(H,41,45)(H,43,48)(H2,42,44,46,47)/t33-,34-/m0/s1. The summed E-state index contributed by atoms with van der Waals surface area (Å²) < 4.78 is 11.3. The lowest BCUT2D eigenvalue weighted by Crippen LogP contribution is -2.55. The van der Waals surface area contributed by atoms with Crippen LogP contribution in [-0.2, 0) is 33.8 Å². The largest absolute Gasteiger partial charge is 0.489 e. The second-order valence-electron chi connectivity index (χ2n) is 12.8. The number of rotatable bonds is 12. The molecule has 0 saturated heterocycles. The average Bonchev–Trinajstić information content (AvgIpc) is 3.50. The maximum atomic E-state index is 13.5. The zero-order valence-electron chi connectivity index (χ0n) is 28.2. The van der Waals surface area contributed by atoms with E-state index < -0.39 is 41.6 Å². The van der Waals surface area contributed by atoms with Crippen molar-refractivity contribution in [3.8, 4) is 5.75 Å². The van der Waals surface area contributed by atoms with Crippen LogP contribution in [0.25, 0.3) is 10.9 Å². The molecule has 0 bridgehead atoms. The predicted molar refractivity (Wildman–Crippen MR) is 192 cm³/mol. The summed E-state index contributed by atoms with van der Waals surface area (Å²) in [6, 6.07) is 30.2. The fraction of sp³-hybridized carbons (Fsp3) is 0.231. The number of aromatic amines is 1. The summed E-state index contributed by atoms with van der Waals surface area (Å²) in [5.74, 6) is -0.623. The van der Waals surface area contributed by atoms with Crippen molar-refractivity contribution in [1.82, 2.24) is 20.9 Å². The van der Waals surface area contributed by atoms with Crippen LogP contribution in [0.2, 0.25) is 0 Å². The van der Waals surface area contributed by atoms with Crippen LogP contribution < -0.4 is 26.0 Å². The lowest BCUT2D eigenvalue weighted by Gasteiger charge is -2.24. The second kappa shape index (κ2) is 16.3. The van der Waals surface area contributed by atoms with E-state index in [4.69, 9.17) is 9.47 Å². The average molecular weight is 676 g/mol. The highest BCUT2D eigenvalue weighted by Gasteiger charge is 2.28. The van der Waals surface area contributed by atoms with Crippen molar-refractivity contribution in [1.29, 1.82) is 0 Å². The third kappa shape index (κ3) is 10.4. The van der Waals surface area contributed by atoms with Gasteiger partial charge in [0.2, 0.25) is 5.91 Å². The molecule has 0 aliphatic heterocycles. The molecule has 5 aromatic rings. The maximum absolute atomic E-state index is 13.5. The number of hydrogen-bond donors (Lipinski definition) is 5. The molecule has 11 nitrogen and oxygen atoms in total. The number of imide groups is 1. The number of alkyl carbamates (subject to hydrolysis) is 1. The van der Waals surface area contributed by atoms with Gasteiger partial charge in [-0.2, -0.15) is 0 Å². The Hall–Kier alpha value is -6.10. The van der Waals surface area contributed by atoms with Gasteiger partial charge in [0.05, 0.1) is 0 Å². The lowest BCUT2D eigenvalue weighted by atomic mass is 10.0. The van der Waals surface area contributed by atoms with Gasteiger partial charge >= 0.3 is 12.1 Å². The van der Waals surface area contributed by atoms with E-state index in [-0.39, 0.29) is 12.8 Å². The van der Waals surface area contributed by atoms with Crippen molar-refractivity contribution in [2.75, 3.05) is 5.32 Å². The fourth-order valence-corrected chi connectivity index (χ4v) is 5.23. The molecule has 0 unspecified atom stereocenters. The van der Waals surface area contributed by atoms with E-state index in [2.05, 4.69) is 26.3 Å². The molecular formula is C39H41N5O6. The molecule has 0 radical (unpaired) electrons. The lowest BCUT2D eigenvalue weighted by molar-refractivity contribution is -0.122. The van der Waals surface area contributed by atoms with Crippen molar-refractivity contribution >= 4 is 40.5 Å². The van der Waals surface area contributed by atoms with Crippen molar-refractivity contribution in [2.45, 2.75) is 57.9 Å². The number of H-pyrrole nitrogens is 1. The summed E-state index contributed by atoms with van der Waals surface area (Å²) in [7, 11) is 0. The van der Waals surface area contributed by atoms with Gasteiger partial charge < -0.3 is 30.4 Å². The van der Waals surface area contributed by atoms with E-state index in [9.17, 15) is 19.2 Å². The molecule has 5 amide bonds. The van der Waals surface area contributed by atoms with Crippen LogP contribution >= 0.6 is 0 Å². The summed E-state index contributed by atoms with van der Waals surface area (Å²) in [5.41, 5.74) is 3.15. The maximum Gasteiger partial charge on any atom is 0.408 e. The number of nitrogens with one attached hydrogen (secondary N) is 5. The number of carbonyl (C=O) groups is 4. The normalized spacial score (nSPS) is 12.3. The number of aromatic nitrogens is 1. The molecule has 258 valence electrons. The quantitative estimate of drug-likeness (QED) is 0.105. The molecule has 50 heavy (non-hydrogen) atoms. The van der Waals surface area contributed by atoms with Crippen LogP contribution in [0.1, 0.15) is 37.5 Å². The summed E-state index contributed by atoms with van der Waals surface area (Å²) >= 11 is 0. The molecule has 5 rings (SSSR count). The molecule has 1 aromatic heterocycles. The fourth-order valence-electron chi connectivity index (χ4n) is 5.23. The van der Waals surface area contributed by atoms with E-state index in [1.807, 2.05) is 60.7 Å². The van der Waals surface area contributed by atoms with Gasteiger partial charge in [-0.05, 0) is 67.8 Å². The first-order valence-electron chi connectivity index (χ1n) is 16.3. The molecule has 0 fully saturated rings. The highest BCUT2D eigenvalue weighted by Crippen LogP contribution is 2.20. The highest BCUT2D eigenvalue weighted by atomic mass is 16.6. The molecule has 2 atom stereocenters. The van der Waals surface area contributed by atoms with Crippen LogP contribution in [0.15, 0.2) is 115 Å². The van der Waals surface area contributed by atoms with Crippen molar-refractivity contribution < 1.29 is 28.7 Å². The Labute approximate surface area is 290 Å². The van der Waals surface area contributed by atoms with Crippen LogP contribution in [0.5, 0.6) is 5.75 Å². The third-order valence-corrected chi connectivity index (χ3v) is 7.62. The molecule has 1 heterocycles. The zero-order chi connectivity index (χ0) is 35.5. The number of ether oxygens (including phenoxy) is 2. The van der Waals surface area contributed by atoms with Crippen molar-refractivity contribution in [3.63, 3.8) is 0 Å². The van der Waals surface area contributed by atoms with Gasteiger partial charge in [-0.15, -0.1) is 0 Å². The monoisotopic (exact) mass is 675 g/mol. The molecule has 11 heteroatoms. The van der Waals surface area contributed by atoms with Crippen molar-refractivity contribution in [2.24, 2.45) is 0 Å². The molecule has 0 saturated carbocycles. The highest BCUT2D eigenvalue weighted by molar-refractivity contribution is 6.02. The summed E-state index contributed by atoms with van der Waals surface area (Å²) in [6.07, 6.45) is 1.16. The number of amides is 5. The molecule has 0 spiro atoms. The Bertz CT molecular complexity index is 1900. The second-order valence-corrected chi connectivity index (χ2v) is 12.8. The van der Waals surface area contributed by atoms with Gasteiger partial charge in [0, 0.05) is 35.6 Å². The van der Waals surface area contributed by atoms with Gasteiger partial charge in [-0.3, -0.25) is 14.9 Å². The van der Waals surface area contributed by atoms with Crippen LogP contribution in [-0.4, -0.2) is 46.6 Å². The first kappa shape index (κ1) is 35.2. The number of benzene rings is 4. The van der Waals surface area contributed by atoms with Gasteiger partial charge in [0.25, 0.3) is 5.91 Å². The van der Waals surface area contributed by atoms with E-state index in [0.717, 1.165) is 22.0 Å². The zero-order valence-corrected chi connectivity index (χ0v) is 28.2. The minimum Gasteiger partial charge on any atom is -0.489 e. The van der Waals surface area contributed by atoms with E-state index >= 15 is 0 Å². The molecule has 4 aromatic carbocycles. The minimum atomic E-state index is -1.18. The molecular weight excluding hydrogens is 634 g/mol. The number of para-hydroxylation sites is 2. The van der Waals surface area contributed by atoms with Crippen LogP contribution in [0.3, 0.4) is 0 Å². The molecule has 0 aliphatic carbocycles. The van der Waals surface area contributed by atoms with Gasteiger partial charge in [0.1, 0.15) is 30.0 Å². The summed E-state index contributed by atoms with van der Waals surface area (Å²) in [6.45, 7) is 5.51. The first-order valence-corrected chi connectivity index (χ1v) is 16.3. The SMILES string of the molecule is CC(C)(C)OC(=O)N[C@@H](Cc1ccc(OCc2ccccc2)cc1)C(=O)NC(=O)N[C@@H](Cc1c[nH]c2ccccc12)C(=O)Nc1ccccc1. The third-order valence-electron chi connectivity index (χ3n) is 7.62. The Morgan fingerprint density at radius 3 is 2.04 bits per heavy atom. The Balaban J connectivity index is 1.28. The summed E-state index contributed by atoms with van der Waals surface area (Å²) in [5, 5.41) is 11.3. The van der Waals surface area contributed by atoms with Gasteiger partial charge in [-0.25, -0.2) is 9.59 Å². The molecule has 5 N–H and O–H groups in total. The Morgan fingerprint density at radius 2 is 1.34 bits per heavy atom. The predicted octanol–water partition coefficient (Wildman–Crippen LogP) is 6.26. The number of urea groups is 1. The Morgan fingerprint density at radius 1 is 0.700 bits per heavy atom. The topological polar surface area (TPSA) is 151 Å². The summed E-state index contributed by atoms with van der Waals surface area (Å²) in [4.78, 5) is 56.3. The van der Waals surface area contributed by atoms with E-state index in [1.54, 1.807) is 75.5 Å². The minimum absolute atomic E-state index is 0.0462. The van der Waals surface area contributed by atoms with Crippen LogP contribution in [0.4, 0.5) is 15.3 Å². The number of carbonyl (C=O) groups excluding carboxylic acids is 4. The number of hydrogen-bond acceptors (Lipinski definition) is 6. The number of fused-ring (bicyclic) bond motifs is 1. The van der Waals surface area contributed by atoms with Crippen molar-refractivity contribution in [3.05, 3.63) is 132 Å². The van der Waals surface area contributed by atoms with E-state index in [1.165, 1.54) is 0 Å². The molecule has 0 aliphatic rings. The van der Waals surface area contributed by atoms with Gasteiger partial charge in [-0.1, -0.05) is 78.9 Å². The van der Waals surface area contributed by atoms with Gasteiger partial charge in [0.15, 0.2) is 0 Å². The first-order chi connectivity index (χ1) is 24.0. The van der Waals surface area contributed by atoms with E-state index in [0.29, 0.717) is 23.6 Å². The smallest absolute Gasteiger partial charge is 0.408 e.